The predicted molar refractivity (Wildman–Crippen MR) is 68.9 cm³/mol. The van der Waals surface area contributed by atoms with Gasteiger partial charge in [0.1, 0.15) is 11.5 Å². The van der Waals surface area contributed by atoms with Gasteiger partial charge < -0.3 is 20.6 Å². The molecule has 0 fully saturated rings. The number of pyridine rings is 1. The third-order valence-electron chi connectivity index (χ3n) is 2.47. The minimum Gasteiger partial charge on any atom is -0.508 e. The minimum atomic E-state index is -1.29. The number of hydrogen-bond donors (Lipinski definition) is 4. The van der Waals surface area contributed by atoms with E-state index in [9.17, 15) is 19.8 Å². The first-order valence-corrected chi connectivity index (χ1v) is 5.49. The summed E-state index contributed by atoms with van der Waals surface area (Å²) in [5, 5.41) is 29.9. The van der Waals surface area contributed by atoms with Crippen LogP contribution in [0.5, 0.6) is 11.5 Å². The molecule has 2 rings (SSSR count). The van der Waals surface area contributed by atoms with Crippen LogP contribution in [0.2, 0.25) is 0 Å². The molecule has 0 unspecified atom stereocenters. The number of hydrogen-bond acceptors (Lipinski definition) is 5. The summed E-state index contributed by atoms with van der Waals surface area (Å²) in [6, 6.07) is 4.75. The summed E-state index contributed by atoms with van der Waals surface area (Å²) in [5.74, 6) is -2.31. The maximum atomic E-state index is 11.9. The lowest BCUT2D eigenvalue weighted by Gasteiger charge is -2.08. The number of aromatic hydroxyl groups is 2. The van der Waals surface area contributed by atoms with Crippen LogP contribution in [0.4, 0.5) is 5.69 Å². The molecule has 0 bridgehead atoms. The number of aromatic nitrogens is 1. The molecular formula is C13H10N2O5. The van der Waals surface area contributed by atoms with Crippen LogP contribution in [0.3, 0.4) is 0 Å². The smallest absolute Gasteiger partial charge is 0.337 e. The van der Waals surface area contributed by atoms with Crippen molar-refractivity contribution in [2.45, 2.75) is 0 Å². The van der Waals surface area contributed by atoms with Crippen molar-refractivity contribution in [2.24, 2.45) is 0 Å². The molecule has 2 aromatic rings. The number of carbonyl (C=O) groups is 2. The van der Waals surface area contributed by atoms with E-state index in [0.717, 1.165) is 6.07 Å². The molecule has 0 aliphatic carbocycles. The lowest BCUT2D eigenvalue weighted by atomic mass is 10.1. The second kappa shape index (κ2) is 5.27. The molecule has 7 heteroatoms. The average molecular weight is 274 g/mol. The van der Waals surface area contributed by atoms with Crippen molar-refractivity contribution in [2.75, 3.05) is 5.32 Å². The number of carbonyl (C=O) groups excluding carboxylic acids is 1. The Labute approximate surface area is 113 Å². The fraction of sp³-hybridized carbons (Fsp3) is 0. The molecule has 0 aliphatic rings. The molecule has 0 atom stereocenters. The van der Waals surface area contributed by atoms with Crippen molar-refractivity contribution in [3.05, 3.63) is 47.8 Å². The average Bonchev–Trinajstić information content (AvgIpc) is 2.40. The monoisotopic (exact) mass is 274 g/mol. The number of amides is 1. The largest absolute Gasteiger partial charge is 0.508 e. The minimum absolute atomic E-state index is 0.0312. The number of phenolic OH excluding ortho intramolecular Hbond substituents is 1. The highest BCUT2D eigenvalue weighted by molar-refractivity contribution is 6.07. The number of nitrogens with one attached hydrogen (secondary N) is 1. The molecule has 0 saturated heterocycles. The first-order chi connectivity index (χ1) is 9.47. The van der Waals surface area contributed by atoms with Gasteiger partial charge >= 0.3 is 5.97 Å². The SMILES string of the molecule is O=C(Nc1ccc(O)cc1C(=O)O)c1cncc(O)c1. The molecule has 1 aromatic heterocycles. The van der Waals surface area contributed by atoms with Gasteiger partial charge in [-0.05, 0) is 24.3 Å². The van der Waals surface area contributed by atoms with Crippen LogP contribution in [0.1, 0.15) is 20.7 Å². The Morgan fingerprint density at radius 1 is 1.05 bits per heavy atom. The van der Waals surface area contributed by atoms with Gasteiger partial charge in [-0.25, -0.2) is 4.79 Å². The highest BCUT2D eigenvalue weighted by Gasteiger charge is 2.14. The second-order valence-corrected chi connectivity index (χ2v) is 3.92. The molecule has 7 nitrogen and oxygen atoms in total. The van der Waals surface area contributed by atoms with Crippen LogP contribution >= 0.6 is 0 Å². The molecule has 1 heterocycles. The third kappa shape index (κ3) is 2.83. The maximum absolute atomic E-state index is 11.9. The summed E-state index contributed by atoms with van der Waals surface area (Å²) in [6.45, 7) is 0. The van der Waals surface area contributed by atoms with Crippen molar-refractivity contribution in [1.29, 1.82) is 0 Å². The van der Waals surface area contributed by atoms with Gasteiger partial charge in [-0.1, -0.05) is 0 Å². The normalized spacial score (nSPS) is 10.0. The van der Waals surface area contributed by atoms with Gasteiger partial charge in [0.2, 0.25) is 0 Å². The van der Waals surface area contributed by atoms with E-state index in [1.165, 1.54) is 30.6 Å². The molecule has 1 aromatic carbocycles. The number of phenols is 1. The van der Waals surface area contributed by atoms with Gasteiger partial charge in [-0.15, -0.1) is 0 Å². The van der Waals surface area contributed by atoms with E-state index in [2.05, 4.69) is 10.3 Å². The van der Waals surface area contributed by atoms with E-state index in [0.29, 0.717) is 0 Å². The third-order valence-corrected chi connectivity index (χ3v) is 2.47. The van der Waals surface area contributed by atoms with Crippen molar-refractivity contribution in [3.63, 3.8) is 0 Å². The predicted octanol–water partition coefficient (Wildman–Crippen LogP) is 1.44. The Hall–Kier alpha value is -3.09. The Kier molecular flexibility index (Phi) is 3.52. The number of benzene rings is 1. The number of anilines is 1. The summed E-state index contributed by atoms with van der Waals surface area (Å²) in [4.78, 5) is 26.6. The fourth-order valence-electron chi connectivity index (χ4n) is 1.56. The van der Waals surface area contributed by atoms with E-state index < -0.39 is 11.9 Å². The Morgan fingerprint density at radius 3 is 2.45 bits per heavy atom. The molecular weight excluding hydrogens is 264 g/mol. The van der Waals surface area contributed by atoms with Crippen molar-refractivity contribution < 1.29 is 24.9 Å². The van der Waals surface area contributed by atoms with Gasteiger partial charge in [-0.2, -0.15) is 0 Å². The first kappa shape index (κ1) is 13.3. The van der Waals surface area contributed by atoms with Gasteiger partial charge in [0.05, 0.1) is 23.0 Å². The van der Waals surface area contributed by atoms with Crippen LogP contribution in [-0.2, 0) is 0 Å². The molecule has 0 saturated carbocycles. The summed E-state index contributed by atoms with van der Waals surface area (Å²) < 4.78 is 0. The zero-order valence-corrected chi connectivity index (χ0v) is 10.1. The van der Waals surface area contributed by atoms with Gasteiger partial charge in [-0.3, -0.25) is 9.78 Å². The molecule has 102 valence electrons. The molecule has 0 radical (unpaired) electrons. The standard InChI is InChI=1S/C13H10N2O5/c16-8-1-2-11(10(4-8)13(19)20)15-12(18)7-3-9(17)6-14-5-7/h1-6,16-17H,(H,15,18)(H,19,20). The lowest BCUT2D eigenvalue weighted by Crippen LogP contribution is -2.14. The van der Waals surface area contributed by atoms with Gasteiger partial charge in [0.15, 0.2) is 0 Å². The molecule has 0 aliphatic heterocycles. The number of rotatable bonds is 3. The van der Waals surface area contributed by atoms with E-state index in [4.69, 9.17) is 5.11 Å². The van der Waals surface area contributed by atoms with Crippen molar-refractivity contribution in [3.8, 4) is 11.5 Å². The topological polar surface area (TPSA) is 120 Å². The maximum Gasteiger partial charge on any atom is 0.337 e. The highest BCUT2D eigenvalue weighted by atomic mass is 16.4. The quantitative estimate of drug-likeness (QED) is 0.629. The Bertz CT molecular complexity index is 684. The van der Waals surface area contributed by atoms with E-state index in [1.807, 2.05) is 0 Å². The molecule has 0 spiro atoms. The zero-order chi connectivity index (χ0) is 14.7. The van der Waals surface area contributed by atoms with Gasteiger partial charge in [0, 0.05) is 6.20 Å². The first-order valence-electron chi connectivity index (χ1n) is 5.49. The van der Waals surface area contributed by atoms with Crippen molar-refractivity contribution >= 4 is 17.6 Å². The summed E-state index contributed by atoms with van der Waals surface area (Å²) in [6.07, 6.45) is 2.40. The van der Waals surface area contributed by atoms with E-state index >= 15 is 0 Å². The van der Waals surface area contributed by atoms with Crippen LogP contribution in [0.25, 0.3) is 0 Å². The Morgan fingerprint density at radius 2 is 1.80 bits per heavy atom. The van der Waals surface area contributed by atoms with Crippen molar-refractivity contribution in [1.82, 2.24) is 4.98 Å². The lowest BCUT2D eigenvalue weighted by molar-refractivity contribution is 0.0697. The molecule has 4 N–H and O–H groups in total. The van der Waals surface area contributed by atoms with Crippen LogP contribution in [-0.4, -0.2) is 32.2 Å². The number of carboxylic acids is 1. The number of nitrogens with zero attached hydrogens (tertiary/aromatic N) is 1. The number of carboxylic acid groups (broad SMARTS) is 1. The van der Waals surface area contributed by atoms with E-state index in [-0.39, 0.29) is 28.3 Å². The summed E-state index contributed by atoms with van der Waals surface area (Å²) in [7, 11) is 0. The summed E-state index contributed by atoms with van der Waals surface area (Å²) in [5.41, 5.74) is -0.135. The zero-order valence-electron chi connectivity index (χ0n) is 10.1. The van der Waals surface area contributed by atoms with Crippen LogP contribution in [0, 0.1) is 0 Å². The fourth-order valence-corrected chi connectivity index (χ4v) is 1.56. The molecule has 1 amide bonds. The van der Waals surface area contributed by atoms with Crippen LogP contribution in [0.15, 0.2) is 36.7 Å². The van der Waals surface area contributed by atoms with Gasteiger partial charge in [0.25, 0.3) is 5.91 Å². The highest BCUT2D eigenvalue weighted by Crippen LogP contribution is 2.22. The van der Waals surface area contributed by atoms with Crippen LogP contribution < -0.4 is 5.32 Å². The Balaban J connectivity index is 2.30. The number of aromatic carboxylic acids is 1. The summed E-state index contributed by atoms with van der Waals surface area (Å²) >= 11 is 0. The van der Waals surface area contributed by atoms with E-state index in [1.54, 1.807) is 0 Å². The second-order valence-electron chi connectivity index (χ2n) is 3.92. The molecule has 20 heavy (non-hydrogen) atoms.